The molecule has 15 heavy (non-hydrogen) atoms. The SMILES string of the molecule is CNCC(O)COC1CC(C)CC(C)C1. The van der Waals surface area contributed by atoms with Crippen LogP contribution in [0.2, 0.25) is 0 Å². The molecule has 1 saturated carbocycles. The fraction of sp³-hybridized carbons (Fsp3) is 1.00. The molecule has 3 nitrogen and oxygen atoms in total. The number of rotatable bonds is 5. The van der Waals surface area contributed by atoms with Crippen LogP contribution in [0.4, 0.5) is 0 Å². The first-order valence-electron chi connectivity index (χ1n) is 6.06. The molecule has 1 rings (SSSR count). The lowest BCUT2D eigenvalue weighted by atomic mass is 9.82. The quantitative estimate of drug-likeness (QED) is 0.728. The second-order valence-corrected chi connectivity index (χ2v) is 5.08. The van der Waals surface area contributed by atoms with Gasteiger partial charge in [-0.1, -0.05) is 13.8 Å². The number of hydrogen-bond acceptors (Lipinski definition) is 3. The normalized spacial score (nSPS) is 34.0. The first-order chi connectivity index (χ1) is 7.11. The summed E-state index contributed by atoms with van der Waals surface area (Å²) >= 11 is 0. The van der Waals surface area contributed by atoms with E-state index in [1.165, 1.54) is 6.42 Å². The summed E-state index contributed by atoms with van der Waals surface area (Å²) in [5, 5.41) is 12.5. The van der Waals surface area contributed by atoms with Crippen LogP contribution in [0.3, 0.4) is 0 Å². The summed E-state index contributed by atoms with van der Waals surface area (Å²) in [4.78, 5) is 0. The highest BCUT2D eigenvalue weighted by atomic mass is 16.5. The minimum absolute atomic E-state index is 0.357. The van der Waals surface area contributed by atoms with Crippen LogP contribution in [0.1, 0.15) is 33.1 Å². The number of nitrogens with one attached hydrogen (secondary N) is 1. The van der Waals surface area contributed by atoms with Gasteiger partial charge in [-0.25, -0.2) is 0 Å². The Labute approximate surface area is 93.2 Å². The van der Waals surface area contributed by atoms with E-state index in [-0.39, 0.29) is 6.10 Å². The van der Waals surface area contributed by atoms with Crippen LogP contribution in [0, 0.1) is 11.8 Å². The van der Waals surface area contributed by atoms with Crippen molar-refractivity contribution in [1.82, 2.24) is 5.32 Å². The molecule has 1 aliphatic carbocycles. The van der Waals surface area contributed by atoms with Crippen molar-refractivity contribution in [3.63, 3.8) is 0 Å². The summed E-state index contributed by atoms with van der Waals surface area (Å²) < 4.78 is 5.75. The van der Waals surface area contributed by atoms with Crippen molar-refractivity contribution < 1.29 is 9.84 Å². The maximum atomic E-state index is 9.52. The third-order valence-corrected chi connectivity index (χ3v) is 3.10. The van der Waals surface area contributed by atoms with Crippen molar-refractivity contribution in [2.75, 3.05) is 20.2 Å². The number of aliphatic hydroxyl groups is 1. The molecule has 0 aromatic carbocycles. The van der Waals surface area contributed by atoms with Crippen molar-refractivity contribution in [1.29, 1.82) is 0 Å². The summed E-state index contributed by atoms with van der Waals surface area (Å²) in [5.74, 6) is 1.53. The van der Waals surface area contributed by atoms with E-state index in [0.29, 0.717) is 19.3 Å². The van der Waals surface area contributed by atoms with Gasteiger partial charge in [-0.15, -0.1) is 0 Å². The Morgan fingerprint density at radius 3 is 2.40 bits per heavy atom. The highest BCUT2D eigenvalue weighted by molar-refractivity contribution is 4.75. The van der Waals surface area contributed by atoms with Gasteiger partial charge in [0.25, 0.3) is 0 Å². The summed E-state index contributed by atoms with van der Waals surface area (Å²) in [6.45, 7) is 5.65. The van der Waals surface area contributed by atoms with E-state index in [9.17, 15) is 5.11 Å². The van der Waals surface area contributed by atoms with Crippen molar-refractivity contribution in [3.05, 3.63) is 0 Å². The molecule has 0 aromatic heterocycles. The van der Waals surface area contributed by atoms with Gasteiger partial charge in [0.15, 0.2) is 0 Å². The predicted molar refractivity (Wildman–Crippen MR) is 61.9 cm³/mol. The van der Waals surface area contributed by atoms with Gasteiger partial charge in [-0.3, -0.25) is 0 Å². The monoisotopic (exact) mass is 215 g/mol. The lowest BCUT2D eigenvalue weighted by Crippen LogP contribution is -2.33. The Morgan fingerprint density at radius 1 is 1.27 bits per heavy atom. The van der Waals surface area contributed by atoms with Crippen LogP contribution in [-0.2, 0) is 4.74 Å². The van der Waals surface area contributed by atoms with Gasteiger partial charge in [0, 0.05) is 6.54 Å². The van der Waals surface area contributed by atoms with Crippen molar-refractivity contribution in [2.45, 2.75) is 45.3 Å². The van der Waals surface area contributed by atoms with E-state index < -0.39 is 0 Å². The molecule has 1 aliphatic rings. The van der Waals surface area contributed by atoms with Gasteiger partial charge in [-0.2, -0.15) is 0 Å². The Bertz CT molecular complexity index is 165. The summed E-state index contributed by atoms with van der Waals surface area (Å²) in [6, 6.07) is 0. The Balaban J connectivity index is 2.20. The Hall–Kier alpha value is -0.120. The van der Waals surface area contributed by atoms with Crippen LogP contribution >= 0.6 is 0 Å². The lowest BCUT2D eigenvalue weighted by molar-refractivity contribution is -0.0392. The summed E-state index contributed by atoms with van der Waals surface area (Å²) in [6.07, 6.45) is 3.60. The zero-order valence-corrected chi connectivity index (χ0v) is 10.2. The second kappa shape index (κ2) is 6.46. The van der Waals surface area contributed by atoms with Gasteiger partial charge in [0.1, 0.15) is 0 Å². The van der Waals surface area contributed by atoms with Crippen molar-refractivity contribution in [2.24, 2.45) is 11.8 Å². The number of aliphatic hydroxyl groups excluding tert-OH is 1. The molecular weight excluding hydrogens is 190 g/mol. The van der Waals surface area contributed by atoms with Gasteiger partial charge in [-0.05, 0) is 38.1 Å². The highest BCUT2D eigenvalue weighted by Crippen LogP contribution is 2.30. The van der Waals surface area contributed by atoms with Crippen LogP contribution in [0.15, 0.2) is 0 Å². The standard InChI is InChI=1S/C12H25NO2/c1-9-4-10(2)6-12(5-9)15-8-11(14)7-13-3/h9-14H,4-8H2,1-3H3. The molecule has 0 amide bonds. The molecular formula is C12H25NO2. The van der Waals surface area contributed by atoms with Crippen molar-refractivity contribution in [3.8, 4) is 0 Å². The molecule has 3 heteroatoms. The fourth-order valence-electron chi connectivity index (χ4n) is 2.55. The molecule has 3 unspecified atom stereocenters. The van der Waals surface area contributed by atoms with Gasteiger partial charge in [0.2, 0.25) is 0 Å². The summed E-state index contributed by atoms with van der Waals surface area (Å²) in [7, 11) is 1.84. The zero-order valence-electron chi connectivity index (χ0n) is 10.2. The van der Waals surface area contributed by atoms with Gasteiger partial charge in [0.05, 0.1) is 18.8 Å². The van der Waals surface area contributed by atoms with Crippen molar-refractivity contribution >= 4 is 0 Å². The third-order valence-electron chi connectivity index (χ3n) is 3.10. The second-order valence-electron chi connectivity index (χ2n) is 5.08. The maximum Gasteiger partial charge on any atom is 0.0897 e. The van der Waals surface area contributed by atoms with E-state index in [4.69, 9.17) is 4.74 Å². The van der Waals surface area contributed by atoms with E-state index in [2.05, 4.69) is 19.2 Å². The molecule has 0 saturated heterocycles. The minimum Gasteiger partial charge on any atom is -0.389 e. The largest absolute Gasteiger partial charge is 0.389 e. The van der Waals surface area contributed by atoms with E-state index in [1.807, 2.05) is 7.05 Å². The van der Waals surface area contributed by atoms with Crippen LogP contribution < -0.4 is 5.32 Å². The number of ether oxygens (including phenoxy) is 1. The molecule has 1 fully saturated rings. The van der Waals surface area contributed by atoms with Crippen LogP contribution in [0.5, 0.6) is 0 Å². The Morgan fingerprint density at radius 2 is 1.87 bits per heavy atom. The van der Waals surface area contributed by atoms with E-state index in [1.54, 1.807) is 0 Å². The number of likely N-dealkylation sites (N-methyl/N-ethyl adjacent to an activating group) is 1. The third kappa shape index (κ3) is 4.96. The molecule has 90 valence electrons. The van der Waals surface area contributed by atoms with E-state index >= 15 is 0 Å². The number of hydrogen-bond donors (Lipinski definition) is 2. The Kier molecular flexibility index (Phi) is 5.58. The van der Waals surface area contributed by atoms with Crippen LogP contribution in [-0.4, -0.2) is 37.5 Å². The molecule has 0 radical (unpaired) electrons. The smallest absolute Gasteiger partial charge is 0.0897 e. The first-order valence-corrected chi connectivity index (χ1v) is 6.06. The summed E-state index contributed by atoms with van der Waals surface area (Å²) in [5.41, 5.74) is 0. The molecule has 0 aliphatic heterocycles. The highest BCUT2D eigenvalue weighted by Gasteiger charge is 2.24. The average Bonchev–Trinajstić information content (AvgIpc) is 2.14. The topological polar surface area (TPSA) is 41.5 Å². The first kappa shape index (κ1) is 12.9. The molecule has 0 spiro atoms. The minimum atomic E-state index is -0.373. The average molecular weight is 215 g/mol. The van der Waals surface area contributed by atoms with E-state index in [0.717, 1.165) is 24.7 Å². The van der Waals surface area contributed by atoms with Gasteiger partial charge < -0.3 is 15.2 Å². The van der Waals surface area contributed by atoms with Gasteiger partial charge >= 0.3 is 0 Å². The molecule has 0 bridgehead atoms. The zero-order chi connectivity index (χ0) is 11.3. The molecule has 0 aromatic rings. The fourth-order valence-corrected chi connectivity index (χ4v) is 2.55. The lowest BCUT2D eigenvalue weighted by Gasteiger charge is -2.31. The molecule has 2 N–H and O–H groups in total. The predicted octanol–water partition coefficient (Wildman–Crippen LogP) is 1.41. The van der Waals surface area contributed by atoms with Crippen LogP contribution in [0.25, 0.3) is 0 Å². The maximum absolute atomic E-state index is 9.52. The molecule has 3 atom stereocenters. The molecule has 0 heterocycles.